The van der Waals surface area contributed by atoms with E-state index in [2.05, 4.69) is 27.8 Å². The van der Waals surface area contributed by atoms with E-state index in [4.69, 9.17) is 0 Å². The Hall–Kier alpha value is 0.440. The Morgan fingerprint density at radius 2 is 2.00 bits per heavy atom. The van der Waals surface area contributed by atoms with Gasteiger partial charge in [0.25, 0.3) is 0 Å². The lowest BCUT2D eigenvalue weighted by atomic mass is 10.00. The average Bonchev–Trinajstić information content (AvgIpc) is 1.90. The van der Waals surface area contributed by atoms with Gasteiger partial charge in [-0.2, -0.15) is 0 Å². The molecule has 1 nitrogen and oxygen atoms in total. The minimum atomic E-state index is 0.959. The standard InChI is InChI=1S/C7H14BrN/c1-7-2-4-9(6-8)5-3-7/h7H,2-6H2,1H3. The highest BCUT2D eigenvalue weighted by Gasteiger charge is 2.13. The molecule has 0 aromatic rings. The van der Waals surface area contributed by atoms with E-state index in [1.165, 1.54) is 25.9 Å². The van der Waals surface area contributed by atoms with Gasteiger partial charge in [-0.3, -0.25) is 4.90 Å². The normalized spacial score (nSPS) is 24.7. The number of likely N-dealkylation sites (tertiary alicyclic amines) is 1. The molecule has 0 aromatic heterocycles. The van der Waals surface area contributed by atoms with E-state index in [-0.39, 0.29) is 0 Å². The molecule has 0 aromatic carbocycles. The molecule has 0 saturated carbocycles. The molecule has 0 N–H and O–H groups in total. The van der Waals surface area contributed by atoms with Crippen molar-refractivity contribution in [1.82, 2.24) is 4.90 Å². The summed E-state index contributed by atoms with van der Waals surface area (Å²) in [5.41, 5.74) is 1.06. The van der Waals surface area contributed by atoms with Gasteiger partial charge in [0.1, 0.15) is 0 Å². The maximum absolute atomic E-state index is 3.46. The van der Waals surface area contributed by atoms with Crippen molar-refractivity contribution in [3.8, 4) is 0 Å². The average molecular weight is 192 g/mol. The maximum Gasteiger partial charge on any atom is 0.0542 e. The van der Waals surface area contributed by atoms with Crippen molar-refractivity contribution in [1.29, 1.82) is 0 Å². The minimum Gasteiger partial charge on any atom is -0.293 e. The number of halogens is 1. The molecular formula is C7H14BrN. The second-order valence-electron chi connectivity index (χ2n) is 2.92. The smallest absolute Gasteiger partial charge is 0.0542 e. The van der Waals surface area contributed by atoms with Crippen LogP contribution in [0.4, 0.5) is 0 Å². The van der Waals surface area contributed by atoms with E-state index in [0.29, 0.717) is 0 Å². The number of hydrogen-bond acceptors (Lipinski definition) is 1. The Balaban J connectivity index is 2.18. The van der Waals surface area contributed by atoms with Crippen LogP contribution in [-0.4, -0.2) is 23.4 Å². The minimum absolute atomic E-state index is 0.959. The van der Waals surface area contributed by atoms with Gasteiger partial charge in [-0.25, -0.2) is 0 Å². The number of nitrogens with zero attached hydrogens (tertiary/aromatic N) is 1. The summed E-state index contributed by atoms with van der Waals surface area (Å²) in [6.45, 7) is 4.91. The molecule has 54 valence electrons. The second-order valence-corrected chi connectivity index (χ2v) is 3.42. The van der Waals surface area contributed by atoms with Crippen LogP contribution in [0.25, 0.3) is 0 Å². The monoisotopic (exact) mass is 191 g/mol. The lowest BCUT2D eigenvalue weighted by Crippen LogP contribution is -2.31. The molecule has 0 amide bonds. The Morgan fingerprint density at radius 1 is 1.44 bits per heavy atom. The molecule has 1 fully saturated rings. The van der Waals surface area contributed by atoms with Crippen molar-refractivity contribution in [2.75, 3.05) is 18.5 Å². The molecule has 1 heterocycles. The molecule has 0 spiro atoms. The lowest BCUT2D eigenvalue weighted by Gasteiger charge is -2.27. The molecule has 1 aliphatic heterocycles. The third-order valence-electron chi connectivity index (χ3n) is 2.05. The van der Waals surface area contributed by atoms with Crippen LogP contribution in [0.15, 0.2) is 0 Å². The molecule has 0 radical (unpaired) electrons. The van der Waals surface area contributed by atoms with E-state index >= 15 is 0 Å². The first-order valence-corrected chi connectivity index (χ1v) is 4.73. The number of alkyl halides is 1. The van der Waals surface area contributed by atoms with Gasteiger partial charge in [-0.1, -0.05) is 22.9 Å². The van der Waals surface area contributed by atoms with Gasteiger partial charge in [-0.15, -0.1) is 0 Å². The van der Waals surface area contributed by atoms with Gasteiger partial charge in [0.2, 0.25) is 0 Å². The molecule has 1 rings (SSSR count). The fourth-order valence-electron chi connectivity index (χ4n) is 1.18. The van der Waals surface area contributed by atoms with E-state index in [0.717, 1.165) is 11.4 Å². The van der Waals surface area contributed by atoms with Crippen LogP contribution in [0.1, 0.15) is 19.8 Å². The summed E-state index contributed by atoms with van der Waals surface area (Å²) in [4.78, 5) is 2.44. The SMILES string of the molecule is CC1CCN(CBr)CC1. The zero-order chi connectivity index (χ0) is 6.69. The predicted molar refractivity (Wildman–Crippen MR) is 43.8 cm³/mol. The van der Waals surface area contributed by atoms with Gasteiger partial charge in [0.15, 0.2) is 0 Å². The topological polar surface area (TPSA) is 3.24 Å². The van der Waals surface area contributed by atoms with E-state index < -0.39 is 0 Å². The second kappa shape index (κ2) is 3.57. The van der Waals surface area contributed by atoms with E-state index in [1.54, 1.807) is 0 Å². The Morgan fingerprint density at radius 3 is 2.44 bits per heavy atom. The highest BCUT2D eigenvalue weighted by atomic mass is 79.9. The van der Waals surface area contributed by atoms with Gasteiger partial charge in [-0.05, 0) is 31.8 Å². The van der Waals surface area contributed by atoms with Gasteiger partial charge in [0.05, 0.1) is 5.45 Å². The zero-order valence-electron chi connectivity index (χ0n) is 5.94. The Labute approximate surface area is 65.6 Å². The molecule has 0 unspecified atom stereocenters. The summed E-state index contributed by atoms with van der Waals surface area (Å²) in [5, 5.41) is 0. The van der Waals surface area contributed by atoms with Crippen molar-refractivity contribution < 1.29 is 0 Å². The van der Waals surface area contributed by atoms with Gasteiger partial charge in [0, 0.05) is 0 Å². The molecule has 0 aliphatic carbocycles. The van der Waals surface area contributed by atoms with Crippen LogP contribution >= 0.6 is 15.9 Å². The van der Waals surface area contributed by atoms with Crippen LogP contribution in [0.2, 0.25) is 0 Å². The number of rotatable bonds is 1. The highest BCUT2D eigenvalue weighted by Crippen LogP contribution is 2.15. The van der Waals surface area contributed by atoms with E-state index in [1.807, 2.05) is 0 Å². The summed E-state index contributed by atoms with van der Waals surface area (Å²) < 4.78 is 0. The lowest BCUT2D eigenvalue weighted by molar-refractivity contribution is 0.223. The van der Waals surface area contributed by atoms with Crippen molar-refractivity contribution >= 4 is 15.9 Å². The highest BCUT2D eigenvalue weighted by molar-refractivity contribution is 9.09. The van der Waals surface area contributed by atoms with Crippen LogP contribution in [-0.2, 0) is 0 Å². The summed E-state index contributed by atoms with van der Waals surface area (Å²) >= 11 is 3.46. The third-order valence-corrected chi connectivity index (χ3v) is 2.75. The molecule has 2 heteroatoms. The zero-order valence-corrected chi connectivity index (χ0v) is 7.52. The van der Waals surface area contributed by atoms with Crippen LogP contribution in [0.5, 0.6) is 0 Å². The first kappa shape index (κ1) is 7.55. The van der Waals surface area contributed by atoms with Crippen LogP contribution in [0.3, 0.4) is 0 Å². The van der Waals surface area contributed by atoms with Crippen LogP contribution in [0, 0.1) is 5.92 Å². The Bertz CT molecular complexity index is 77.0. The Kier molecular flexibility index (Phi) is 2.99. The van der Waals surface area contributed by atoms with Crippen molar-refractivity contribution in [3.05, 3.63) is 0 Å². The summed E-state index contributed by atoms with van der Waals surface area (Å²) in [6, 6.07) is 0. The molecule has 1 aliphatic rings. The number of piperidine rings is 1. The largest absolute Gasteiger partial charge is 0.293 e. The molecule has 0 bridgehead atoms. The van der Waals surface area contributed by atoms with Crippen molar-refractivity contribution in [2.45, 2.75) is 19.8 Å². The molecule has 0 atom stereocenters. The fraction of sp³-hybridized carbons (Fsp3) is 1.00. The van der Waals surface area contributed by atoms with Crippen molar-refractivity contribution in [3.63, 3.8) is 0 Å². The summed E-state index contributed by atoms with van der Waals surface area (Å²) in [5.74, 6) is 0.959. The molecular weight excluding hydrogens is 178 g/mol. The van der Waals surface area contributed by atoms with Gasteiger partial charge < -0.3 is 0 Å². The fourth-order valence-corrected chi connectivity index (χ4v) is 1.68. The molecule has 9 heavy (non-hydrogen) atoms. The van der Waals surface area contributed by atoms with Crippen molar-refractivity contribution in [2.24, 2.45) is 5.92 Å². The van der Waals surface area contributed by atoms with Crippen LogP contribution < -0.4 is 0 Å². The molecule has 1 saturated heterocycles. The van der Waals surface area contributed by atoms with E-state index in [9.17, 15) is 0 Å². The predicted octanol–water partition coefficient (Wildman–Crippen LogP) is 2.07. The first-order valence-electron chi connectivity index (χ1n) is 3.61. The third kappa shape index (κ3) is 2.26. The summed E-state index contributed by atoms with van der Waals surface area (Å²) in [6.07, 6.45) is 2.76. The number of hydrogen-bond donors (Lipinski definition) is 0. The first-order chi connectivity index (χ1) is 4.33. The quantitative estimate of drug-likeness (QED) is 0.454. The van der Waals surface area contributed by atoms with Gasteiger partial charge >= 0.3 is 0 Å². The summed E-state index contributed by atoms with van der Waals surface area (Å²) in [7, 11) is 0. The maximum atomic E-state index is 3.46.